The number of rotatable bonds is 6. The van der Waals surface area contributed by atoms with Gasteiger partial charge in [-0.15, -0.1) is 0 Å². The minimum absolute atomic E-state index is 0.0268. The topological polar surface area (TPSA) is 152 Å². The van der Waals surface area contributed by atoms with E-state index in [1.54, 1.807) is 42.5 Å². The SMILES string of the molecule is Cc1cc(/C(N)=N/O)cc2[nH]c(-c3c(NCC(O)c4cccc(Cl)c4)cc[nH]c3=O)nc12. The molecule has 0 fully saturated rings. The summed E-state index contributed by atoms with van der Waals surface area (Å²) in [5.41, 5.74) is 9.44. The van der Waals surface area contributed by atoms with Gasteiger partial charge in [0.15, 0.2) is 5.84 Å². The predicted octanol–water partition coefficient (Wildman–Crippen LogP) is 3.12. The second-order valence-corrected chi connectivity index (χ2v) is 7.74. The number of H-pyrrole nitrogens is 2. The van der Waals surface area contributed by atoms with Crippen molar-refractivity contribution in [3.63, 3.8) is 0 Å². The number of aryl methyl sites for hydroxylation is 1. The summed E-state index contributed by atoms with van der Waals surface area (Å²) in [5.74, 6) is 0.322. The first-order valence-electron chi connectivity index (χ1n) is 9.75. The Morgan fingerprint density at radius 1 is 1.31 bits per heavy atom. The van der Waals surface area contributed by atoms with Gasteiger partial charge in [-0.2, -0.15) is 0 Å². The van der Waals surface area contributed by atoms with Crippen LogP contribution in [0, 0.1) is 6.92 Å². The van der Waals surface area contributed by atoms with Crippen LogP contribution in [-0.2, 0) is 0 Å². The number of nitrogens with zero attached hydrogens (tertiary/aromatic N) is 2. The first-order valence-corrected chi connectivity index (χ1v) is 10.1. The van der Waals surface area contributed by atoms with Gasteiger partial charge in [-0.05, 0) is 48.4 Å². The van der Waals surface area contributed by atoms with E-state index in [2.05, 4.69) is 25.4 Å². The van der Waals surface area contributed by atoms with E-state index in [4.69, 9.17) is 22.5 Å². The molecule has 1 unspecified atom stereocenters. The largest absolute Gasteiger partial charge is 0.409 e. The average Bonchev–Trinajstić information content (AvgIpc) is 3.21. The maximum atomic E-state index is 12.7. The number of imidazole rings is 1. The van der Waals surface area contributed by atoms with E-state index in [1.165, 1.54) is 6.20 Å². The zero-order valence-corrected chi connectivity index (χ0v) is 17.8. The molecule has 2 aromatic heterocycles. The molecule has 0 saturated carbocycles. The fraction of sp³-hybridized carbons (Fsp3) is 0.136. The third-order valence-electron chi connectivity index (χ3n) is 5.10. The lowest BCUT2D eigenvalue weighted by Crippen LogP contribution is -2.17. The van der Waals surface area contributed by atoms with Gasteiger partial charge in [-0.3, -0.25) is 4.79 Å². The fourth-order valence-electron chi connectivity index (χ4n) is 3.51. The van der Waals surface area contributed by atoms with E-state index >= 15 is 0 Å². The molecule has 9 nitrogen and oxygen atoms in total. The van der Waals surface area contributed by atoms with Crippen LogP contribution in [0.3, 0.4) is 0 Å². The predicted molar refractivity (Wildman–Crippen MR) is 124 cm³/mol. The Morgan fingerprint density at radius 3 is 2.88 bits per heavy atom. The molecule has 4 rings (SSSR count). The molecular formula is C22H21ClN6O3. The summed E-state index contributed by atoms with van der Waals surface area (Å²) < 4.78 is 0. The monoisotopic (exact) mass is 452 g/mol. The summed E-state index contributed by atoms with van der Waals surface area (Å²) in [4.78, 5) is 23.1. The van der Waals surface area contributed by atoms with Crippen LogP contribution in [-0.4, -0.2) is 37.6 Å². The van der Waals surface area contributed by atoms with Crippen molar-refractivity contribution in [3.05, 3.63) is 80.7 Å². The summed E-state index contributed by atoms with van der Waals surface area (Å²) >= 11 is 6.00. The maximum absolute atomic E-state index is 12.7. The summed E-state index contributed by atoms with van der Waals surface area (Å²) in [6.07, 6.45) is 0.687. The van der Waals surface area contributed by atoms with Crippen molar-refractivity contribution in [2.45, 2.75) is 13.0 Å². The van der Waals surface area contributed by atoms with Gasteiger partial charge in [0.05, 0.1) is 22.8 Å². The summed E-state index contributed by atoms with van der Waals surface area (Å²) in [7, 11) is 0. The molecule has 0 saturated heterocycles. The van der Waals surface area contributed by atoms with Crippen molar-refractivity contribution in [2.24, 2.45) is 10.9 Å². The first kappa shape index (κ1) is 21.4. The van der Waals surface area contributed by atoms with E-state index in [1.807, 2.05) is 6.92 Å². The number of hydrogen-bond acceptors (Lipinski definition) is 6. The number of hydrogen-bond donors (Lipinski definition) is 6. The summed E-state index contributed by atoms with van der Waals surface area (Å²) in [5, 5.41) is 26.2. The van der Waals surface area contributed by atoms with Crippen molar-refractivity contribution < 1.29 is 10.3 Å². The molecule has 0 aliphatic rings. The molecule has 1 atom stereocenters. The number of nitrogens with one attached hydrogen (secondary N) is 3. The Kier molecular flexibility index (Phi) is 5.85. The number of amidine groups is 1. The van der Waals surface area contributed by atoms with Gasteiger partial charge in [-0.25, -0.2) is 4.98 Å². The van der Waals surface area contributed by atoms with E-state index in [9.17, 15) is 9.90 Å². The quantitative estimate of drug-likeness (QED) is 0.114. The van der Waals surface area contributed by atoms with Gasteiger partial charge < -0.3 is 31.3 Å². The van der Waals surface area contributed by atoms with Gasteiger partial charge in [0.1, 0.15) is 11.4 Å². The van der Waals surface area contributed by atoms with Crippen LogP contribution >= 0.6 is 11.6 Å². The van der Waals surface area contributed by atoms with Crippen LogP contribution in [0.25, 0.3) is 22.4 Å². The summed E-state index contributed by atoms with van der Waals surface area (Å²) in [6, 6.07) is 12.1. The lowest BCUT2D eigenvalue weighted by molar-refractivity contribution is 0.191. The minimum atomic E-state index is -0.831. The van der Waals surface area contributed by atoms with Crippen molar-refractivity contribution in [2.75, 3.05) is 11.9 Å². The number of benzene rings is 2. The maximum Gasteiger partial charge on any atom is 0.261 e. The van der Waals surface area contributed by atoms with Crippen LogP contribution in [0.1, 0.15) is 22.8 Å². The Hall–Kier alpha value is -3.82. The zero-order chi connectivity index (χ0) is 22.8. The van der Waals surface area contributed by atoms with Gasteiger partial charge >= 0.3 is 0 Å². The number of aromatic nitrogens is 3. The number of halogens is 1. The molecule has 0 bridgehead atoms. The highest BCUT2D eigenvalue weighted by molar-refractivity contribution is 6.30. The van der Waals surface area contributed by atoms with Crippen molar-refractivity contribution >= 4 is 34.2 Å². The lowest BCUT2D eigenvalue weighted by atomic mass is 10.1. The lowest BCUT2D eigenvalue weighted by Gasteiger charge is -2.15. The molecular weight excluding hydrogens is 432 g/mol. The van der Waals surface area contributed by atoms with Gasteiger partial charge in [0, 0.05) is 23.3 Å². The van der Waals surface area contributed by atoms with Crippen LogP contribution in [0.15, 0.2) is 58.6 Å². The molecule has 0 amide bonds. The van der Waals surface area contributed by atoms with Gasteiger partial charge in [0.2, 0.25) is 0 Å². The highest BCUT2D eigenvalue weighted by Crippen LogP contribution is 2.27. The Bertz CT molecular complexity index is 1380. The van der Waals surface area contributed by atoms with E-state index in [0.717, 1.165) is 5.56 Å². The number of anilines is 1. The Labute approximate surface area is 187 Å². The van der Waals surface area contributed by atoms with E-state index in [-0.39, 0.29) is 17.9 Å². The Morgan fingerprint density at radius 2 is 2.12 bits per heavy atom. The zero-order valence-electron chi connectivity index (χ0n) is 17.1. The Balaban J connectivity index is 1.69. The normalized spacial score (nSPS) is 12.8. The molecule has 0 spiro atoms. The number of fused-ring (bicyclic) bond motifs is 1. The van der Waals surface area contributed by atoms with Crippen LogP contribution in [0.5, 0.6) is 0 Å². The van der Waals surface area contributed by atoms with Gasteiger partial charge in [0.25, 0.3) is 5.56 Å². The first-order chi connectivity index (χ1) is 15.4. The molecule has 4 aromatic rings. The second kappa shape index (κ2) is 8.74. The van der Waals surface area contributed by atoms with Crippen LogP contribution in [0.4, 0.5) is 5.69 Å². The number of aromatic amines is 2. The second-order valence-electron chi connectivity index (χ2n) is 7.31. The molecule has 32 heavy (non-hydrogen) atoms. The fourth-order valence-corrected chi connectivity index (χ4v) is 3.71. The molecule has 164 valence electrons. The third kappa shape index (κ3) is 4.16. The molecule has 2 heterocycles. The third-order valence-corrected chi connectivity index (χ3v) is 5.33. The molecule has 0 aliphatic heterocycles. The average molecular weight is 453 g/mol. The molecule has 0 radical (unpaired) electrons. The molecule has 7 N–H and O–H groups in total. The number of aliphatic hydroxyl groups excluding tert-OH is 1. The molecule has 2 aromatic carbocycles. The number of pyridine rings is 1. The smallest absolute Gasteiger partial charge is 0.261 e. The molecule has 0 aliphatic carbocycles. The molecule has 10 heteroatoms. The van der Waals surface area contributed by atoms with E-state index < -0.39 is 6.10 Å². The van der Waals surface area contributed by atoms with Crippen molar-refractivity contribution in [1.29, 1.82) is 0 Å². The van der Waals surface area contributed by atoms with Crippen molar-refractivity contribution in [3.8, 4) is 11.4 Å². The van der Waals surface area contributed by atoms with Crippen LogP contribution < -0.4 is 16.6 Å². The number of nitrogens with two attached hydrogens (primary N) is 1. The number of aliphatic hydroxyl groups is 1. The highest BCUT2D eigenvalue weighted by Gasteiger charge is 2.17. The van der Waals surface area contributed by atoms with Crippen LogP contribution in [0.2, 0.25) is 5.02 Å². The van der Waals surface area contributed by atoms with Gasteiger partial charge in [-0.1, -0.05) is 28.9 Å². The standard InChI is InChI=1S/C22H21ClN6O3/c1-11-7-13(20(24)29-32)9-16-19(11)28-21(27-16)18-15(5-6-25-22(18)31)26-10-17(30)12-3-2-4-14(23)8-12/h2-9,17,30,32H,10H2,1H3,(H2,24,29)(H,27,28)(H2,25,26,31). The van der Waals surface area contributed by atoms with Crippen molar-refractivity contribution in [1.82, 2.24) is 15.0 Å². The highest BCUT2D eigenvalue weighted by atomic mass is 35.5. The number of oxime groups is 1. The minimum Gasteiger partial charge on any atom is -0.409 e. The van der Waals surface area contributed by atoms with E-state index in [0.29, 0.717) is 44.3 Å². The summed E-state index contributed by atoms with van der Waals surface area (Å²) in [6.45, 7) is 2.00.